The zero-order chi connectivity index (χ0) is 14.1. The molecule has 0 aliphatic carbocycles. The summed E-state index contributed by atoms with van der Waals surface area (Å²) in [5.74, 6) is 1.20. The summed E-state index contributed by atoms with van der Waals surface area (Å²) in [5, 5.41) is 2.91. The molecule has 19 heavy (non-hydrogen) atoms. The average molecular weight is 264 g/mol. The van der Waals surface area contributed by atoms with Crippen LogP contribution in [0, 0.1) is 5.92 Å². The molecule has 1 atom stereocenters. The number of carbonyl (C=O) groups excluding carboxylic acids is 1. The van der Waals surface area contributed by atoms with E-state index in [2.05, 4.69) is 5.32 Å². The van der Waals surface area contributed by atoms with E-state index in [1.54, 1.807) is 0 Å². The van der Waals surface area contributed by atoms with Crippen LogP contribution in [0.15, 0.2) is 24.3 Å². The van der Waals surface area contributed by atoms with Gasteiger partial charge in [0.25, 0.3) is 0 Å². The number of ether oxygens (including phenoxy) is 1. The minimum atomic E-state index is 0.0730. The Labute approximate surface area is 115 Å². The van der Waals surface area contributed by atoms with Gasteiger partial charge in [-0.3, -0.25) is 4.79 Å². The lowest BCUT2D eigenvalue weighted by atomic mass is 10.1. The fraction of sp³-hybridized carbons (Fsp3) is 0.533. The molecule has 0 saturated heterocycles. The second-order valence-electron chi connectivity index (χ2n) is 4.72. The van der Waals surface area contributed by atoms with Crippen molar-refractivity contribution >= 4 is 5.91 Å². The molecule has 0 spiro atoms. The van der Waals surface area contributed by atoms with Crippen molar-refractivity contribution in [2.45, 2.75) is 26.7 Å². The van der Waals surface area contributed by atoms with E-state index in [9.17, 15) is 4.79 Å². The third-order valence-electron chi connectivity index (χ3n) is 2.91. The Morgan fingerprint density at radius 3 is 2.63 bits per heavy atom. The van der Waals surface area contributed by atoms with E-state index in [0.717, 1.165) is 12.2 Å². The van der Waals surface area contributed by atoms with Gasteiger partial charge in [0.1, 0.15) is 5.75 Å². The van der Waals surface area contributed by atoms with Gasteiger partial charge < -0.3 is 15.8 Å². The zero-order valence-corrected chi connectivity index (χ0v) is 11.8. The summed E-state index contributed by atoms with van der Waals surface area (Å²) in [5.41, 5.74) is 6.68. The van der Waals surface area contributed by atoms with Crippen LogP contribution in [0.5, 0.6) is 5.75 Å². The van der Waals surface area contributed by atoms with E-state index in [1.165, 1.54) is 5.56 Å². The Bertz CT molecular complexity index is 376. The van der Waals surface area contributed by atoms with Crippen LogP contribution in [0.2, 0.25) is 0 Å². The van der Waals surface area contributed by atoms with E-state index < -0.39 is 0 Å². The highest BCUT2D eigenvalue weighted by molar-refractivity contribution is 5.76. The van der Waals surface area contributed by atoms with Crippen LogP contribution in [-0.4, -0.2) is 25.6 Å². The molecule has 0 fully saturated rings. The normalized spacial score (nSPS) is 11.9. The quantitative estimate of drug-likeness (QED) is 0.751. The first-order valence-electron chi connectivity index (χ1n) is 6.84. The summed E-state index contributed by atoms with van der Waals surface area (Å²) >= 11 is 0. The van der Waals surface area contributed by atoms with Crippen LogP contribution in [0.25, 0.3) is 0 Å². The van der Waals surface area contributed by atoms with Crippen molar-refractivity contribution in [2.75, 3.05) is 19.7 Å². The number of rotatable bonds is 8. The van der Waals surface area contributed by atoms with Gasteiger partial charge in [0, 0.05) is 13.0 Å². The fourth-order valence-corrected chi connectivity index (χ4v) is 1.74. The van der Waals surface area contributed by atoms with Gasteiger partial charge in [-0.2, -0.15) is 0 Å². The molecule has 1 rings (SSSR count). The summed E-state index contributed by atoms with van der Waals surface area (Å²) < 4.78 is 5.38. The van der Waals surface area contributed by atoms with Crippen molar-refractivity contribution in [1.29, 1.82) is 0 Å². The van der Waals surface area contributed by atoms with Crippen LogP contribution in [0.3, 0.4) is 0 Å². The number of carbonyl (C=O) groups is 1. The molecule has 4 heteroatoms. The van der Waals surface area contributed by atoms with Crippen LogP contribution in [0.4, 0.5) is 0 Å². The lowest BCUT2D eigenvalue weighted by Gasteiger charge is -2.09. The number of amides is 1. The predicted molar refractivity (Wildman–Crippen MR) is 77.2 cm³/mol. The van der Waals surface area contributed by atoms with Crippen molar-refractivity contribution in [3.8, 4) is 5.75 Å². The number of nitrogens with two attached hydrogens (primary N) is 1. The van der Waals surface area contributed by atoms with Gasteiger partial charge >= 0.3 is 0 Å². The molecule has 0 aromatic heterocycles. The molecule has 0 aliphatic heterocycles. The van der Waals surface area contributed by atoms with E-state index >= 15 is 0 Å². The molecule has 0 heterocycles. The minimum absolute atomic E-state index is 0.0730. The van der Waals surface area contributed by atoms with Crippen LogP contribution in [-0.2, 0) is 11.2 Å². The van der Waals surface area contributed by atoms with Gasteiger partial charge in [0.2, 0.25) is 5.91 Å². The monoisotopic (exact) mass is 264 g/mol. The van der Waals surface area contributed by atoms with Crippen molar-refractivity contribution in [3.63, 3.8) is 0 Å². The molecule has 3 N–H and O–H groups in total. The van der Waals surface area contributed by atoms with Gasteiger partial charge in [-0.1, -0.05) is 19.1 Å². The van der Waals surface area contributed by atoms with Crippen molar-refractivity contribution in [3.05, 3.63) is 29.8 Å². The summed E-state index contributed by atoms with van der Waals surface area (Å²) in [6.45, 7) is 5.82. The molecule has 4 nitrogen and oxygen atoms in total. The van der Waals surface area contributed by atoms with Gasteiger partial charge in [-0.25, -0.2) is 0 Å². The SMILES string of the molecule is CCOc1ccc(CCNC(=O)CC(C)CN)cc1. The standard InChI is InChI=1S/C15H24N2O2/c1-3-19-14-6-4-13(5-7-14)8-9-17-15(18)10-12(2)11-16/h4-7,12H,3,8-11,16H2,1-2H3,(H,17,18). The van der Waals surface area contributed by atoms with Crippen LogP contribution < -0.4 is 15.8 Å². The lowest BCUT2D eigenvalue weighted by Crippen LogP contribution is -2.28. The topological polar surface area (TPSA) is 64.3 Å². The zero-order valence-electron chi connectivity index (χ0n) is 11.8. The maximum atomic E-state index is 11.6. The summed E-state index contributed by atoms with van der Waals surface area (Å²) in [7, 11) is 0. The Balaban J connectivity index is 2.27. The van der Waals surface area contributed by atoms with Crippen molar-refractivity contribution < 1.29 is 9.53 Å². The Morgan fingerprint density at radius 1 is 1.37 bits per heavy atom. The van der Waals surface area contributed by atoms with E-state index in [-0.39, 0.29) is 11.8 Å². The molecule has 1 amide bonds. The van der Waals surface area contributed by atoms with Gasteiger partial charge in [0.15, 0.2) is 0 Å². The first kappa shape index (κ1) is 15.5. The van der Waals surface area contributed by atoms with Gasteiger partial charge in [-0.15, -0.1) is 0 Å². The predicted octanol–water partition coefficient (Wildman–Crippen LogP) is 1.73. The Kier molecular flexibility index (Phi) is 6.97. The van der Waals surface area contributed by atoms with E-state index in [4.69, 9.17) is 10.5 Å². The van der Waals surface area contributed by atoms with Crippen molar-refractivity contribution in [1.82, 2.24) is 5.32 Å². The van der Waals surface area contributed by atoms with Crippen molar-refractivity contribution in [2.24, 2.45) is 11.7 Å². The third kappa shape index (κ3) is 6.25. The Hall–Kier alpha value is -1.55. The molecular weight excluding hydrogens is 240 g/mol. The number of hydrogen-bond donors (Lipinski definition) is 2. The fourth-order valence-electron chi connectivity index (χ4n) is 1.74. The summed E-state index contributed by atoms with van der Waals surface area (Å²) in [6, 6.07) is 7.97. The first-order chi connectivity index (χ1) is 9.15. The molecule has 0 saturated carbocycles. The molecule has 0 radical (unpaired) electrons. The third-order valence-corrected chi connectivity index (χ3v) is 2.91. The average Bonchev–Trinajstić information content (AvgIpc) is 2.41. The highest BCUT2D eigenvalue weighted by Crippen LogP contribution is 2.12. The van der Waals surface area contributed by atoms with Crippen LogP contribution >= 0.6 is 0 Å². The Morgan fingerprint density at radius 2 is 2.05 bits per heavy atom. The molecule has 0 bridgehead atoms. The highest BCUT2D eigenvalue weighted by atomic mass is 16.5. The maximum absolute atomic E-state index is 11.6. The van der Waals surface area contributed by atoms with E-state index in [0.29, 0.717) is 26.1 Å². The summed E-state index contributed by atoms with van der Waals surface area (Å²) in [4.78, 5) is 11.6. The second-order valence-corrected chi connectivity index (χ2v) is 4.72. The highest BCUT2D eigenvalue weighted by Gasteiger charge is 2.06. The maximum Gasteiger partial charge on any atom is 0.220 e. The second kappa shape index (κ2) is 8.53. The van der Waals surface area contributed by atoms with Gasteiger partial charge in [0.05, 0.1) is 6.61 Å². The molecule has 1 aromatic rings. The number of benzene rings is 1. The number of nitrogens with one attached hydrogen (secondary N) is 1. The molecule has 1 aromatic carbocycles. The lowest BCUT2D eigenvalue weighted by molar-refractivity contribution is -0.121. The number of hydrogen-bond acceptors (Lipinski definition) is 3. The summed E-state index contributed by atoms with van der Waals surface area (Å²) in [6.07, 6.45) is 1.33. The molecule has 106 valence electrons. The smallest absolute Gasteiger partial charge is 0.220 e. The minimum Gasteiger partial charge on any atom is -0.494 e. The first-order valence-corrected chi connectivity index (χ1v) is 6.84. The molecule has 0 aliphatic rings. The van der Waals surface area contributed by atoms with Crippen LogP contribution in [0.1, 0.15) is 25.8 Å². The van der Waals surface area contributed by atoms with Gasteiger partial charge in [-0.05, 0) is 43.5 Å². The largest absolute Gasteiger partial charge is 0.494 e. The molecular formula is C15H24N2O2. The molecule has 1 unspecified atom stereocenters. The van der Waals surface area contributed by atoms with E-state index in [1.807, 2.05) is 38.1 Å².